The van der Waals surface area contributed by atoms with E-state index in [1.807, 2.05) is 0 Å². The molecular formula is H8O8P4Pd. The summed E-state index contributed by atoms with van der Waals surface area (Å²) in [5, 5.41) is 0. The second-order valence-electron chi connectivity index (χ2n) is 1.24. The van der Waals surface area contributed by atoms with Gasteiger partial charge in [0.15, 0.2) is 0 Å². The van der Waals surface area contributed by atoms with Crippen LogP contribution in [0.2, 0.25) is 0 Å². The average molecular weight is 366 g/mol. The molecule has 0 aliphatic rings. The van der Waals surface area contributed by atoms with Gasteiger partial charge in [0.05, 0.1) is 0 Å². The molecule has 0 unspecified atom stereocenters. The summed E-state index contributed by atoms with van der Waals surface area (Å²) in [4.78, 5) is 70.0. The Labute approximate surface area is 79.1 Å². The van der Waals surface area contributed by atoms with Crippen molar-refractivity contribution in [3.8, 4) is 0 Å². The van der Waals surface area contributed by atoms with Gasteiger partial charge in [-0.3, -0.25) is 0 Å². The first-order valence-electron chi connectivity index (χ1n) is 2.17. The van der Waals surface area contributed by atoms with Gasteiger partial charge in [-0.2, -0.15) is 0 Å². The minimum atomic E-state index is -4.53. The first-order chi connectivity index (χ1) is 5.77. The van der Waals surface area contributed by atoms with Crippen LogP contribution in [0.5, 0.6) is 0 Å². The minimum absolute atomic E-state index is 3.13. The second-order valence-corrected chi connectivity index (χ2v) is 30.3. The van der Waals surface area contributed by atoms with Crippen LogP contribution in [0.1, 0.15) is 0 Å². The molecule has 0 fully saturated rings. The van der Waals surface area contributed by atoms with E-state index < -0.39 is 39.8 Å². The summed E-state index contributed by atoms with van der Waals surface area (Å²) >= 11 is -4.53. The zero-order valence-electron chi connectivity index (χ0n) is 5.68. The first-order valence-corrected chi connectivity index (χ1v) is 14.8. The predicted molar refractivity (Wildman–Crippen MR) is 45.4 cm³/mol. The van der Waals surface area contributed by atoms with Crippen molar-refractivity contribution in [3.63, 3.8) is 0 Å². The SMILES string of the molecule is O[P](O)[Pd]([P](O)O)([P](O)O)[P](O)O. The van der Waals surface area contributed by atoms with Crippen molar-refractivity contribution in [1.82, 2.24) is 0 Å². The third-order valence-corrected chi connectivity index (χ3v) is 36.1. The first kappa shape index (κ1) is 15.1. The van der Waals surface area contributed by atoms with E-state index in [1.165, 1.54) is 0 Å². The summed E-state index contributed by atoms with van der Waals surface area (Å²) in [5.41, 5.74) is 0. The Morgan fingerprint density at radius 3 is 0.615 bits per heavy atom. The Hall–Kier alpha value is 2.06. The maximum atomic E-state index is 8.75. The van der Waals surface area contributed by atoms with E-state index in [1.54, 1.807) is 0 Å². The van der Waals surface area contributed by atoms with Gasteiger partial charge in [-0.25, -0.2) is 0 Å². The van der Waals surface area contributed by atoms with Crippen LogP contribution in [0, 0.1) is 0 Å². The Kier molecular flexibility index (Phi) is 6.91. The van der Waals surface area contributed by atoms with E-state index in [4.69, 9.17) is 39.1 Å². The quantitative estimate of drug-likeness (QED) is 0.232. The normalized spacial score (nSPS) is 15.1. The Bertz CT molecular complexity index is 119. The Morgan fingerprint density at radius 1 is 0.462 bits per heavy atom. The van der Waals surface area contributed by atoms with E-state index in [2.05, 4.69) is 0 Å². The fourth-order valence-electron chi connectivity index (χ4n) is 0.304. The van der Waals surface area contributed by atoms with Gasteiger partial charge < -0.3 is 0 Å². The molecule has 0 aromatic carbocycles. The molecule has 13 heavy (non-hydrogen) atoms. The molecule has 0 aliphatic heterocycles. The molecule has 0 saturated heterocycles. The zero-order chi connectivity index (χ0) is 10.8. The van der Waals surface area contributed by atoms with Crippen molar-refractivity contribution < 1.29 is 52.7 Å². The second kappa shape index (κ2) is 5.96. The van der Waals surface area contributed by atoms with Crippen molar-refractivity contribution >= 4 is 26.3 Å². The maximum absolute atomic E-state index is 8.75. The van der Waals surface area contributed by atoms with Gasteiger partial charge in [-0.15, -0.1) is 0 Å². The van der Waals surface area contributed by atoms with Gasteiger partial charge >= 0.3 is 79.0 Å². The molecule has 0 atom stereocenters. The third kappa shape index (κ3) is 3.01. The van der Waals surface area contributed by atoms with Gasteiger partial charge in [-0.1, -0.05) is 0 Å². The molecule has 0 aliphatic carbocycles. The summed E-state index contributed by atoms with van der Waals surface area (Å²) in [6, 6.07) is 0. The van der Waals surface area contributed by atoms with Crippen molar-refractivity contribution in [1.29, 1.82) is 0 Å². The van der Waals surface area contributed by atoms with Gasteiger partial charge in [0.2, 0.25) is 0 Å². The molecule has 0 rings (SSSR count). The summed E-state index contributed by atoms with van der Waals surface area (Å²) in [7, 11) is 0. The number of hydrogen-bond acceptors (Lipinski definition) is 8. The molecule has 86 valence electrons. The number of hydrogen-bond donors (Lipinski definition) is 8. The average Bonchev–Trinajstić information content (AvgIpc) is 1.82. The molecule has 8 nitrogen and oxygen atoms in total. The summed E-state index contributed by atoms with van der Waals surface area (Å²) in [6.45, 7) is -12.5. The summed E-state index contributed by atoms with van der Waals surface area (Å²) in [5.74, 6) is 0. The van der Waals surface area contributed by atoms with E-state index in [9.17, 15) is 0 Å². The third-order valence-electron chi connectivity index (χ3n) is 0.679. The van der Waals surface area contributed by atoms with Crippen LogP contribution in [0.4, 0.5) is 0 Å². The fourth-order valence-corrected chi connectivity index (χ4v) is 16.2. The van der Waals surface area contributed by atoms with Crippen LogP contribution in [0.3, 0.4) is 0 Å². The van der Waals surface area contributed by atoms with E-state index in [0.717, 1.165) is 0 Å². The molecule has 0 aromatic rings. The monoisotopic (exact) mass is 366 g/mol. The van der Waals surface area contributed by atoms with Crippen molar-refractivity contribution in [3.05, 3.63) is 0 Å². The van der Waals surface area contributed by atoms with Crippen LogP contribution in [-0.4, -0.2) is 39.1 Å². The molecule has 0 heterocycles. The van der Waals surface area contributed by atoms with Gasteiger partial charge in [0.25, 0.3) is 0 Å². The van der Waals surface area contributed by atoms with Crippen molar-refractivity contribution in [2.24, 2.45) is 0 Å². The Balaban J connectivity index is 5.06. The molecule has 0 aromatic heterocycles. The van der Waals surface area contributed by atoms with Gasteiger partial charge in [-0.05, 0) is 0 Å². The van der Waals surface area contributed by atoms with Crippen molar-refractivity contribution in [2.45, 2.75) is 0 Å². The molecule has 0 bridgehead atoms. The zero-order valence-corrected chi connectivity index (χ0v) is 10.8. The van der Waals surface area contributed by atoms with Gasteiger partial charge in [0, 0.05) is 0 Å². The van der Waals surface area contributed by atoms with Gasteiger partial charge in [0.1, 0.15) is 0 Å². The van der Waals surface area contributed by atoms with E-state index >= 15 is 0 Å². The molecule has 13 heteroatoms. The molecule has 0 radical (unpaired) electrons. The Morgan fingerprint density at radius 2 is 0.615 bits per heavy atom. The fraction of sp³-hybridized carbons (Fsp3) is 0. The molecule has 0 saturated carbocycles. The summed E-state index contributed by atoms with van der Waals surface area (Å²) in [6.07, 6.45) is 0. The molecule has 8 N–H and O–H groups in total. The van der Waals surface area contributed by atoms with Crippen LogP contribution < -0.4 is 0 Å². The van der Waals surface area contributed by atoms with Crippen LogP contribution >= 0.6 is 26.3 Å². The van der Waals surface area contributed by atoms with Crippen molar-refractivity contribution in [2.75, 3.05) is 0 Å². The van der Waals surface area contributed by atoms with Crippen LogP contribution in [0.25, 0.3) is 0 Å². The molecular weight excluding hydrogens is 358 g/mol. The van der Waals surface area contributed by atoms with Crippen LogP contribution in [0.15, 0.2) is 0 Å². The van der Waals surface area contributed by atoms with Crippen LogP contribution in [-0.2, 0) is 13.6 Å². The van der Waals surface area contributed by atoms with E-state index in [-0.39, 0.29) is 0 Å². The molecule has 0 amide bonds. The topological polar surface area (TPSA) is 162 Å². The molecule has 0 spiro atoms. The summed E-state index contributed by atoms with van der Waals surface area (Å²) < 4.78 is 0. The standard InChI is InChI=1S/4H2O2P.Pd/c4*1-3-2;/h4*1-2H;/q4*-1;+4. The van der Waals surface area contributed by atoms with E-state index in [0.29, 0.717) is 0 Å². The number of rotatable bonds is 4. The predicted octanol–water partition coefficient (Wildman–Crippen LogP) is -1.01.